The second-order valence-electron chi connectivity index (χ2n) is 14.0. The quantitative estimate of drug-likeness (QED) is 0.187. The summed E-state index contributed by atoms with van der Waals surface area (Å²) in [6.45, 7) is 9.60. The summed E-state index contributed by atoms with van der Waals surface area (Å²) < 4.78 is 12.9. The van der Waals surface area contributed by atoms with E-state index in [0.717, 1.165) is 34.7 Å². The zero-order valence-corrected chi connectivity index (χ0v) is 29.3. The molecule has 12 heteroatoms. The molecule has 0 aliphatic carbocycles. The number of nitrogens with one attached hydrogen (secondary N) is 3. The fraction of sp³-hybridized carbons (Fsp3) is 0.395. The van der Waals surface area contributed by atoms with E-state index in [1.807, 2.05) is 77.7 Å². The number of alkyl carbamates (subject to hydrolysis) is 1. The first-order valence-corrected chi connectivity index (χ1v) is 16.8. The van der Waals surface area contributed by atoms with Crippen molar-refractivity contribution in [2.75, 3.05) is 25.0 Å². The molecule has 4 aromatic rings. The maximum absolute atomic E-state index is 13.9. The Kier molecular flexibility index (Phi) is 11.2. The molecule has 2 heterocycles. The van der Waals surface area contributed by atoms with Gasteiger partial charge in [-0.1, -0.05) is 66.7 Å². The summed E-state index contributed by atoms with van der Waals surface area (Å²) >= 11 is 0. The van der Waals surface area contributed by atoms with Crippen LogP contribution in [0.5, 0.6) is 0 Å². The fourth-order valence-corrected chi connectivity index (χ4v) is 5.69. The molecule has 2 atom stereocenters. The molecule has 3 aromatic carbocycles. The molecule has 1 aliphatic heterocycles. The van der Waals surface area contributed by atoms with Crippen LogP contribution in [0.15, 0.2) is 85.3 Å². The molecule has 0 saturated carbocycles. The van der Waals surface area contributed by atoms with Gasteiger partial charge in [-0.25, -0.2) is 9.78 Å². The van der Waals surface area contributed by atoms with Gasteiger partial charge < -0.3 is 34.9 Å². The largest absolute Gasteiger partial charge is 0.444 e. The predicted octanol–water partition coefficient (Wildman–Crippen LogP) is 5.19. The monoisotopic (exact) mass is 682 g/mol. The molecule has 4 amide bonds. The third-order valence-electron chi connectivity index (χ3n) is 8.29. The van der Waals surface area contributed by atoms with E-state index in [4.69, 9.17) is 9.47 Å². The molecule has 12 nitrogen and oxygen atoms in total. The van der Waals surface area contributed by atoms with Gasteiger partial charge >= 0.3 is 6.09 Å². The molecule has 1 aromatic heterocycles. The number of likely N-dealkylation sites (tertiary alicyclic amines) is 1. The van der Waals surface area contributed by atoms with E-state index < -0.39 is 41.1 Å². The van der Waals surface area contributed by atoms with Crippen LogP contribution in [0.2, 0.25) is 0 Å². The van der Waals surface area contributed by atoms with Crippen LogP contribution in [0.3, 0.4) is 0 Å². The molecule has 0 radical (unpaired) electrons. The molecular formula is C38H46N6O6. The van der Waals surface area contributed by atoms with Crippen molar-refractivity contribution in [3.8, 4) is 0 Å². The Hall–Kier alpha value is -5.23. The lowest BCUT2D eigenvalue weighted by atomic mass is 10.0. The van der Waals surface area contributed by atoms with Crippen molar-refractivity contribution in [3.05, 3.63) is 96.4 Å². The van der Waals surface area contributed by atoms with Crippen molar-refractivity contribution in [2.45, 2.75) is 77.3 Å². The van der Waals surface area contributed by atoms with Gasteiger partial charge in [0.15, 0.2) is 5.82 Å². The summed E-state index contributed by atoms with van der Waals surface area (Å²) in [6.07, 6.45) is 4.27. The standard InChI is InChI=1S/C38H46N6O6/c1-37(2,3)50-36(48)42-38(4,5)35(47)40-30(24-49-23-26-13-7-6-8-14-26)33(45)41-31-22-44(25-39-31)32(34(46)43-19-11-12-20-43)29-18-17-27-15-9-10-16-28(27)21-29/h6-10,13-18,21-22,25,30,32H,11-12,19-20,23-24H2,1-5H3,(H,40,47)(H,41,45)(H,42,48)/t30-,32?/m1/s1. The normalized spacial score (nSPS) is 14.5. The predicted molar refractivity (Wildman–Crippen MR) is 190 cm³/mol. The van der Waals surface area contributed by atoms with Crippen molar-refractivity contribution in [3.63, 3.8) is 0 Å². The first kappa shape index (κ1) is 36.1. The molecule has 3 N–H and O–H groups in total. The molecule has 1 fully saturated rings. The van der Waals surface area contributed by atoms with Crippen LogP contribution in [0.1, 0.15) is 64.6 Å². The van der Waals surface area contributed by atoms with Crippen LogP contribution >= 0.6 is 0 Å². The Morgan fingerprint density at radius 1 is 0.880 bits per heavy atom. The summed E-state index contributed by atoms with van der Waals surface area (Å²) in [6, 6.07) is 21.5. The Morgan fingerprint density at radius 2 is 1.56 bits per heavy atom. The van der Waals surface area contributed by atoms with E-state index in [1.54, 1.807) is 31.5 Å². The fourth-order valence-electron chi connectivity index (χ4n) is 5.69. The zero-order chi connectivity index (χ0) is 35.9. The number of ether oxygens (including phenoxy) is 2. The summed E-state index contributed by atoms with van der Waals surface area (Å²) in [4.78, 5) is 59.8. The number of carbonyl (C=O) groups is 4. The number of rotatable bonds is 12. The van der Waals surface area contributed by atoms with Gasteiger partial charge in [-0.05, 0) is 75.4 Å². The molecule has 1 aliphatic rings. The van der Waals surface area contributed by atoms with E-state index in [-0.39, 0.29) is 24.9 Å². The van der Waals surface area contributed by atoms with Crippen molar-refractivity contribution < 1.29 is 28.7 Å². The highest BCUT2D eigenvalue weighted by atomic mass is 16.6. The SMILES string of the molecule is CC(C)(C)OC(=O)NC(C)(C)C(=O)N[C@H](COCc1ccccc1)C(=O)Nc1cn(C(C(=O)N2CCCC2)c2ccc3ccccc3c2)cn1. The second-order valence-corrected chi connectivity index (χ2v) is 14.0. The van der Waals surface area contributed by atoms with Crippen LogP contribution in [0.25, 0.3) is 10.8 Å². The lowest BCUT2D eigenvalue weighted by Crippen LogP contribution is -2.59. The average Bonchev–Trinajstić information content (AvgIpc) is 3.77. The number of imidazole rings is 1. The molecule has 5 rings (SSSR count). The summed E-state index contributed by atoms with van der Waals surface area (Å²) in [5.74, 6) is -1.06. The molecule has 50 heavy (non-hydrogen) atoms. The van der Waals surface area contributed by atoms with Crippen LogP contribution in [-0.4, -0.2) is 75.1 Å². The van der Waals surface area contributed by atoms with Crippen LogP contribution in [0.4, 0.5) is 10.6 Å². The maximum Gasteiger partial charge on any atom is 0.408 e. The van der Waals surface area contributed by atoms with Crippen molar-refractivity contribution in [1.82, 2.24) is 25.1 Å². The first-order valence-electron chi connectivity index (χ1n) is 16.8. The molecule has 0 bridgehead atoms. The van der Waals surface area contributed by atoms with E-state index >= 15 is 0 Å². The van der Waals surface area contributed by atoms with Gasteiger partial charge in [0.2, 0.25) is 11.8 Å². The Morgan fingerprint density at radius 3 is 2.26 bits per heavy atom. The third-order valence-corrected chi connectivity index (χ3v) is 8.29. The second kappa shape index (κ2) is 15.5. The molecular weight excluding hydrogens is 636 g/mol. The maximum atomic E-state index is 13.9. The van der Waals surface area contributed by atoms with Crippen LogP contribution in [-0.2, 0) is 30.5 Å². The minimum absolute atomic E-state index is 0.0489. The Labute approximate surface area is 292 Å². The van der Waals surface area contributed by atoms with Gasteiger partial charge in [-0.15, -0.1) is 0 Å². The van der Waals surface area contributed by atoms with Gasteiger partial charge in [-0.3, -0.25) is 14.4 Å². The number of anilines is 1. The molecule has 0 spiro atoms. The number of fused-ring (bicyclic) bond motifs is 1. The van der Waals surface area contributed by atoms with Crippen molar-refractivity contribution in [1.29, 1.82) is 0 Å². The lowest BCUT2D eigenvalue weighted by Gasteiger charge is -2.29. The first-order chi connectivity index (χ1) is 23.8. The number of benzene rings is 3. The van der Waals surface area contributed by atoms with Gasteiger partial charge in [0.05, 0.1) is 19.5 Å². The van der Waals surface area contributed by atoms with Crippen molar-refractivity contribution >= 4 is 40.4 Å². The van der Waals surface area contributed by atoms with Crippen LogP contribution in [0, 0.1) is 0 Å². The lowest BCUT2D eigenvalue weighted by molar-refractivity contribution is -0.132. The highest BCUT2D eigenvalue weighted by Gasteiger charge is 2.35. The van der Waals surface area contributed by atoms with E-state index in [9.17, 15) is 19.2 Å². The van der Waals surface area contributed by atoms with Crippen LogP contribution < -0.4 is 16.0 Å². The van der Waals surface area contributed by atoms with Crippen molar-refractivity contribution in [2.24, 2.45) is 0 Å². The summed E-state index contributed by atoms with van der Waals surface area (Å²) in [7, 11) is 0. The number of hydrogen-bond acceptors (Lipinski definition) is 7. The highest BCUT2D eigenvalue weighted by Crippen LogP contribution is 2.28. The number of amides is 4. The molecule has 1 unspecified atom stereocenters. The summed E-state index contributed by atoms with van der Waals surface area (Å²) in [5, 5.41) is 10.1. The number of hydrogen-bond donors (Lipinski definition) is 3. The van der Waals surface area contributed by atoms with E-state index in [1.165, 1.54) is 20.2 Å². The third kappa shape index (κ3) is 9.47. The van der Waals surface area contributed by atoms with Gasteiger partial charge in [0.1, 0.15) is 23.2 Å². The average molecular weight is 683 g/mol. The smallest absolute Gasteiger partial charge is 0.408 e. The Balaban J connectivity index is 1.35. The molecule has 264 valence electrons. The van der Waals surface area contributed by atoms with Gasteiger partial charge in [0.25, 0.3) is 5.91 Å². The zero-order valence-electron chi connectivity index (χ0n) is 29.3. The number of aromatic nitrogens is 2. The minimum Gasteiger partial charge on any atom is -0.444 e. The Bertz CT molecular complexity index is 1810. The number of carbonyl (C=O) groups excluding carboxylic acids is 4. The summed E-state index contributed by atoms with van der Waals surface area (Å²) in [5.41, 5.74) is -0.494. The molecule has 1 saturated heterocycles. The minimum atomic E-state index is -1.43. The van der Waals surface area contributed by atoms with Gasteiger partial charge in [0, 0.05) is 19.3 Å². The topological polar surface area (TPSA) is 144 Å². The highest BCUT2D eigenvalue weighted by molar-refractivity contribution is 5.98. The van der Waals surface area contributed by atoms with E-state index in [2.05, 4.69) is 20.9 Å². The van der Waals surface area contributed by atoms with Gasteiger partial charge in [-0.2, -0.15) is 0 Å². The number of nitrogens with zero attached hydrogens (tertiary/aromatic N) is 3. The van der Waals surface area contributed by atoms with E-state index in [0.29, 0.717) is 13.1 Å².